The molecule has 1 aliphatic heterocycles. The molecule has 1 aromatic rings. The first-order valence-electron chi connectivity index (χ1n) is 5.96. The number of rotatable bonds is 2. The molecule has 1 aromatic carbocycles. The van der Waals surface area contributed by atoms with Crippen molar-refractivity contribution in [2.24, 2.45) is 0 Å². The van der Waals surface area contributed by atoms with Crippen molar-refractivity contribution in [1.29, 1.82) is 0 Å². The van der Waals surface area contributed by atoms with Crippen LogP contribution >= 0.6 is 27.5 Å². The summed E-state index contributed by atoms with van der Waals surface area (Å²) in [5.74, 6) is -0.729. The van der Waals surface area contributed by atoms with E-state index in [9.17, 15) is 9.59 Å². The molecular formula is C13H13BrClNO4. The lowest BCUT2D eigenvalue weighted by Gasteiger charge is -2.33. The molecule has 0 saturated carbocycles. The summed E-state index contributed by atoms with van der Waals surface area (Å²) in [5.41, 5.74) is 0.456. The lowest BCUT2D eigenvalue weighted by Crippen LogP contribution is -2.53. The molecule has 0 aromatic heterocycles. The van der Waals surface area contributed by atoms with Crippen LogP contribution in [0.25, 0.3) is 0 Å². The molecule has 1 fully saturated rings. The van der Waals surface area contributed by atoms with Crippen molar-refractivity contribution in [2.45, 2.75) is 6.04 Å². The zero-order valence-corrected chi connectivity index (χ0v) is 13.1. The number of ether oxygens (including phenoxy) is 2. The fourth-order valence-electron chi connectivity index (χ4n) is 1.97. The Balaban J connectivity index is 2.25. The van der Waals surface area contributed by atoms with Gasteiger partial charge in [-0.15, -0.1) is 0 Å². The molecule has 1 saturated heterocycles. The second-order valence-electron chi connectivity index (χ2n) is 4.24. The summed E-state index contributed by atoms with van der Waals surface area (Å²) in [6.07, 6.45) is 0. The van der Waals surface area contributed by atoms with Crippen molar-refractivity contribution in [3.8, 4) is 0 Å². The van der Waals surface area contributed by atoms with Gasteiger partial charge in [-0.25, -0.2) is 4.79 Å². The maximum atomic E-state index is 12.5. The van der Waals surface area contributed by atoms with Gasteiger partial charge >= 0.3 is 5.97 Å². The predicted octanol–water partition coefficient (Wildman–Crippen LogP) is 2.12. The standard InChI is InChI=1S/C13H13BrClNO4/c1-19-13(18)11-7-20-5-4-16(11)12(17)8-2-3-10(15)9(14)6-8/h2-3,6,11H,4-5,7H2,1H3. The molecule has 5 nitrogen and oxygen atoms in total. The minimum absolute atomic E-state index is 0.146. The van der Waals surface area contributed by atoms with Crippen LogP contribution in [0.3, 0.4) is 0 Å². The first-order valence-corrected chi connectivity index (χ1v) is 7.13. The number of halogens is 2. The number of morpholine rings is 1. The Hall–Kier alpha value is -1.11. The van der Waals surface area contributed by atoms with Crippen molar-refractivity contribution in [3.05, 3.63) is 33.3 Å². The van der Waals surface area contributed by atoms with Gasteiger partial charge in [-0.05, 0) is 34.1 Å². The molecule has 1 amide bonds. The maximum absolute atomic E-state index is 12.5. The summed E-state index contributed by atoms with van der Waals surface area (Å²) in [4.78, 5) is 25.7. The SMILES string of the molecule is COC(=O)C1COCCN1C(=O)c1ccc(Cl)c(Br)c1. The highest BCUT2D eigenvalue weighted by molar-refractivity contribution is 9.10. The highest BCUT2D eigenvalue weighted by atomic mass is 79.9. The highest BCUT2D eigenvalue weighted by Gasteiger charge is 2.34. The Morgan fingerprint density at radius 1 is 1.50 bits per heavy atom. The van der Waals surface area contributed by atoms with Crippen LogP contribution in [0.15, 0.2) is 22.7 Å². The fourth-order valence-corrected chi connectivity index (χ4v) is 2.47. The molecule has 0 aliphatic carbocycles. The molecule has 0 bridgehead atoms. The molecule has 0 radical (unpaired) electrons. The van der Waals surface area contributed by atoms with E-state index in [0.29, 0.717) is 28.2 Å². The van der Waals surface area contributed by atoms with Crippen molar-refractivity contribution in [3.63, 3.8) is 0 Å². The maximum Gasteiger partial charge on any atom is 0.331 e. The number of carbonyl (C=O) groups excluding carboxylic acids is 2. The van der Waals surface area contributed by atoms with Gasteiger partial charge in [0, 0.05) is 16.6 Å². The van der Waals surface area contributed by atoms with Gasteiger partial charge < -0.3 is 14.4 Å². The summed E-state index contributed by atoms with van der Waals surface area (Å²) in [6.45, 7) is 0.889. The highest BCUT2D eigenvalue weighted by Crippen LogP contribution is 2.24. The third-order valence-electron chi connectivity index (χ3n) is 3.03. The van der Waals surface area contributed by atoms with Crippen LogP contribution in [0.5, 0.6) is 0 Å². The van der Waals surface area contributed by atoms with Crippen molar-refractivity contribution in [1.82, 2.24) is 4.90 Å². The van der Waals surface area contributed by atoms with E-state index in [1.807, 2.05) is 0 Å². The van der Waals surface area contributed by atoms with E-state index in [4.69, 9.17) is 21.1 Å². The molecule has 1 aliphatic rings. The lowest BCUT2D eigenvalue weighted by molar-refractivity contribution is -0.151. The molecular weight excluding hydrogens is 350 g/mol. The van der Waals surface area contributed by atoms with E-state index in [1.165, 1.54) is 12.0 Å². The largest absolute Gasteiger partial charge is 0.467 e. The number of methoxy groups -OCH3 is 1. The average Bonchev–Trinajstić information content (AvgIpc) is 2.48. The molecule has 1 unspecified atom stereocenters. The van der Waals surface area contributed by atoms with Crippen LogP contribution < -0.4 is 0 Å². The fraction of sp³-hybridized carbons (Fsp3) is 0.385. The quantitative estimate of drug-likeness (QED) is 0.756. The number of esters is 1. The van der Waals surface area contributed by atoms with Gasteiger partial charge in [0.1, 0.15) is 0 Å². The van der Waals surface area contributed by atoms with Gasteiger partial charge in [0.15, 0.2) is 6.04 Å². The third-order valence-corrected chi connectivity index (χ3v) is 4.24. The molecule has 7 heteroatoms. The minimum atomic E-state index is -0.712. The van der Waals surface area contributed by atoms with Crippen LogP contribution in [0.4, 0.5) is 0 Å². The van der Waals surface area contributed by atoms with Gasteiger partial charge in [-0.1, -0.05) is 11.6 Å². The molecule has 0 N–H and O–H groups in total. The summed E-state index contributed by atoms with van der Waals surface area (Å²) in [6, 6.07) is 4.18. The number of benzene rings is 1. The number of amides is 1. The van der Waals surface area contributed by atoms with Crippen LogP contribution in [0, 0.1) is 0 Å². The lowest BCUT2D eigenvalue weighted by atomic mass is 10.1. The number of nitrogens with zero attached hydrogens (tertiary/aromatic N) is 1. The molecule has 2 rings (SSSR count). The topological polar surface area (TPSA) is 55.8 Å². The predicted molar refractivity (Wildman–Crippen MR) is 76.8 cm³/mol. The van der Waals surface area contributed by atoms with E-state index in [2.05, 4.69) is 15.9 Å². The van der Waals surface area contributed by atoms with Crippen molar-refractivity contribution < 1.29 is 19.1 Å². The second kappa shape index (κ2) is 6.56. The zero-order valence-electron chi connectivity index (χ0n) is 10.8. The van der Waals surface area contributed by atoms with Crippen LogP contribution in [-0.4, -0.2) is 49.7 Å². The number of carbonyl (C=O) groups is 2. The van der Waals surface area contributed by atoms with E-state index in [0.717, 1.165) is 0 Å². The first-order chi connectivity index (χ1) is 9.54. The number of hydrogen-bond acceptors (Lipinski definition) is 4. The monoisotopic (exact) mass is 361 g/mol. The van der Waals surface area contributed by atoms with Gasteiger partial charge in [0.2, 0.25) is 0 Å². The van der Waals surface area contributed by atoms with E-state index < -0.39 is 12.0 Å². The van der Waals surface area contributed by atoms with Gasteiger partial charge in [0.05, 0.1) is 25.3 Å². The summed E-state index contributed by atoms with van der Waals surface area (Å²) in [5, 5.41) is 0.521. The van der Waals surface area contributed by atoms with E-state index >= 15 is 0 Å². The van der Waals surface area contributed by atoms with E-state index in [1.54, 1.807) is 18.2 Å². The van der Waals surface area contributed by atoms with Crippen molar-refractivity contribution in [2.75, 3.05) is 26.9 Å². The molecule has 1 atom stereocenters. The van der Waals surface area contributed by atoms with Crippen molar-refractivity contribution >= 4 is 39.4 Å². The Morgan fingerprint density at radius 3 is 2.90 bits per heavy atom. The molecule has 1 heterocycles. The van der Waals surface area contributed by atoms with Gasteiger partial charge in [-0.3, -0.25) is 4.79 Å². The Morgan fingerprint density at radius 2 is 2.25 bits per heavy atom. The normalized spacial score (nSPS) is 18.8. The Kier molecular flexibility index (Phi) is 5.01. The smallest absolute Gasteiger partial charge is 0.331 e. The van der Waals surface area contributed by atoms with Gasteiger partial charge in [0.25, 0.3) is 5.91 Å². The summed E-state index contributed by atoms with van der Waals surface area (Å²) < 4.78 is 10.6. The molecule has 108 valence electrons. The van der Waals surface area contributed by atoms with Crippen LogP contribution in [0.2, 0.25) is 5.02 Å². The van der Waals surface area contributed by atoms with Gasteiger partial charge in [-0.2, -0.15) is 0 Å². The summed E-state index contributed by atoms with van der Waals surface area (Å²) >= 11 is 9.18. The summed E-state index contributed by atoms with van der Waals surface area (Å²) in [7, 11) is 1.29. The molecule has 0 spiro atoms. The van der Waals surface area contributed by atoms with Crippen LogP contribution in [-0.2, 0) is 14.3 Å². The zero-order chi connectivity index (χ0) is 14.7. The first kappa shape index (κ1) is 15.3. The van der Waals surface area contributed by atoms with E-state index in [-0.39, 0.29) is 12.5 Å². The Labute approximate surface area is 129 Å². The third kappa shape index (κ3) is 3.13. The molecule has 20 heavy (non-hydrogen) atoms. The second-order valence-corrected chi connectivity index (χ2v) is 5.50. The Bertz CT molecular complexity index is 537. The number of hydrogen-bond donors (Lipinski definition) is 0. The average molecular weight is 363 g/mol. The minimum Gasteiger partial charge on any atom is -0.467 e. The van der Waals surface area contributed by atoms with Crippen LogP contribution in [0.1, 0.15) is 10.4 Å².